The summed E-state index contributed by atoms with van der Waals surface area (Å²) in [5, 5.41) is 3.77. The van der Waals surface area contributed by atoms with Gasteiger partial charge in [0, 0.05) is 6.07 Å². The van der Waals surface area contributed by atoms with E-state index in [2.05, 4.69) is 5.16 Å². The number of fused-ring (bicyclic) bond motifs is 1. The van der Waals surface area contributed by atoms with Gasteiger partial charge in [-0.3, -0.25) is 9.59 Å². The Morgan fingerprint density at radius 3 is 2.78 bits per heavy atom. The minimum atomic E-state index is -0.250. The van der Waals surface area contributed by atoms with E-state index in [1.54, 1.807) is 13.0 Å². The molecule has 1 aromatic heterocycles. The van der Waals surface area contributed by atoms with E-state index >= 15 is 0 Å². The van der Waals surface area contributed by atoms with Gasteiger partial charge >= 0.3 is 0 Å². The lowest BCUT2D eigenvalue weighted by Crippen LogP contribution is -2.31. The van der Waals surface area contributed by atoms with Gasteiger partial charge in [0.1, 0.15) is 5.76 Å². The monoisotopic (exact) mass is 246 g/mol. The molecule has 2 aliphatic rings. The number of aryl methyl sites for hydroxylation is 1. The number of anilines is 1. The van der Waals surface area contributed by atoms with Crippen molar-refractivity contribution in [3.8, 4) is 0 Å². The summed E-state index contributed by atoms with van der Waals surface area (Å²) in [5.41, 5.74) is 0. The Morgan fingerprint density at radius 2 is 2.17 bits per heavy atom. The molecule has 3 atom stereocenters. The van der Waals surface area contributed by atoms with Crippen molar-refractivity contribution in [1.82, 2.24) is 5.16 Å². The van der Waals surface area contributed by atoms with E-state index in [4.69, 9.17) is 4.52 Å². The first-order valence-electron chi connectivity index (χ1n) is 6.07. The molecule has 0 bridgehead atoms. The Labute approximate surface area is 104 Å². The maximum Gasteiger partial charge on any atom is 0.239 e. The summed E-state index contributed by atoms with van der Waals surface area (Å²) in [4.78, 5) is 25.8. The van der Waals surface area contributed by atoms with E-state index in [0.717, 1.165) is 0 Å². The molecule has 2 amide bonds. The molecule has 1 aromatic rings. The van der Waals surface area contributed by atoms with Gasteiger partial charge in [0.2, 0.25) is 11.8 Å². The van der Waals surface area contributed by atoms with Crippen molar-refractivity contribution < 1.29 is 14.1 Å². The first-order valence-corrected chi connectivity index (χ1v) is 6.07. The highest BCUT2D eigenvalue weighted by atomic mass is 16.5. The number of carbonyl (C=O) groups is 2. The predicted octanol–water partition coefficient (Wildman–Crippen LogP) is 1.68. The van der Waals surface area contributed by atoms with Crippen LogP contribution in [0.15, 0.2) is 22.7 Å². The molecular weight excluding hydrogens is 232 g/mol. The molecule has 1 aliphatic carbocycles. The number of carbonyl (C=O) groups excluding carboxylic acids is 2. The molecule has 3 rings (SSSR count). The van der Waals surface area contributed by atoms with Gasteiger partial charge in [0.15, 0.2) is 5.82 Å². The van der Waals surface area contributed by atoms with E-state index in [1.165, 1.54) is 4.90 Å². The molecule has 0 aromatic carbocycles. The lowest BCUT2D eigenvalue weighted by Gasteiger charge is -2.22. The fourth-order valence-electron chi connectivity index (χ4n) is 2.83. The predicted molar refractivity (Wildman–Crippen MR) is 63.6 cm³/mol. The van der Waals surface area contributed by atoms with Crippen LogP contribution in [0.3, 0.4) is 0 Å². The summed E-state index contributed by atoms with van der Waals surface area (Å²) in [5.74, 6) is 0.188. The highest BCUT2D eigenvalue weighted by Crippen LogP contribution is 2.40. The van der Waals surface area contributed by atoms with Crippen molar-refractivity contribution >= 4 is 17.6 Å². The first kappa shape index (κ1) is 11.2. The number of hydrogen-bond acceptors (Lipinski definition) is 4. The average molecular weight is 246 g/mol. The van der Waals surface area contributed by atoms with E-state index in [0.29, 0.717) is 18.0 Å². The van der Waals surface area contributed by atoms with E-state index in [-0.39, 0.29) is 29.6 Å². The highest BCUT2D eigenvalue weighted by Gasteiger charge is 2.51. The van der Waals surface area contributed by atoms with Crippen LogP contribution in [0, 0.1) is 24.7 Å². The summed E-state index contributed by atoms with van der Waals surface area (Å²) in [6.07, 6.45) is 4.62. The number of allylic oxidation sites excluding steroid dienone is 2. The fourth-order valence-corrected chi connectivity index (χ4v) is 2.83. The SMILES string of the molecule is Cc1cc(N2C(=O)[C@H]3[C@H](C)C=CC[C@@H]3C2=O)no1. The standard InChI is InChI=1S/C13H14N2O3/c1-7-4-3-5-9-11(7)13(17)15(12(9)16)10-6-8(2)18-14-10/h3-4,6-7,9,11H,5H2,1-2H3/t7-,9+,11+/m1/s1. The third-order valence-electron chi connectivity index (χ3n) is 3.72. The maximum absolute atomic E-state index is 12.4. The van der Waals surface area contributed by atoms with Crippen molar-refractivity contribution in [3.05, 3.63) is 24.0 Å². The van der Waals surface area contributed by atoms with Gasteiger partial charge in [-0.15, -0.1) is 0 Å². The number of amides is 2. The summed E-state index contributed by atoms with van der Waals surface area (Å²) >= 11 is 0. The van der Waals surface area contributed by atoms with Gasteiger partial charge in [0.05, 0.1) is 11.8 Å². The second kappa shape index (κ2) is 3.80. The highest BCUT2D eigenvalue weighted by molar-refractivity contribution is 6.21. The van der Waals surface area contributed by atoms with E-state index < -0.39 is 0 Å². The molecule has 0 spiro atoms. The Kier molecular flexibility index (Phi) is 2.36. The number of nitrogens with zero attached hydrogens (tertiary/aromatic N) is 2. The molecular formula is C13H14N2O3. The van der Waals surface area contributed by atoms with Crippen LogP contribution in [0.4, 0.5) is 5.82 Å². The molecule has 0 saturated carbocycles. The maximum atomic E-state index is 12.4. The third kappa shape index (κ3) is 1.43. The van der Waals surface area contributed by atoms with Gasteiger partial charge in [-0.05, 0) is 19.3 Å². The lowest BCUT2D eigenvalue weighted by molar-refractivity contribution is -0.122. The molecule has 1 aliphatic heterocycles. The lowest BCUT2D eigenvalue weighted by atomic mass is 9.78. The molecule has 0 unspecified atom stereocenters. The minimum absolute atomic E-state index is 0.0956. The Balaban J connectivity index is 1.99. The van der Waals surface area contributed by atoms with Gasteiger partial charge in [-0.2, -0.15) is 0 Å². The zero-order valence-corrected chi connectivity index (χ0v) is 10.3. The Hall–Kier alpha value is -1.91. The zero-order chi connectivity index (χ0) is 12.9. The van der Waals surface area contributed by atoms with Gasteiger partial charge in [0.25, 0.3) is 0 Å². The van der Waals surface area contributed by atoms with Crippen LogP contribution in [-0.2, 0) is 9.59 Å². The largest absolute Gasteiger partial charge is 0.360 e. The number of aromatic nitrogens is 1. The molecule has 18 heavy (non-hydrogen) atoms. The second-order valence-electron chi connectivity index (χ2n) is 4.96. The summed E-state index contributed by atoms with van der Waals surface area (Å²) in [6, 6.07) is 1.62. The van der Waals surface area contributed by atoms with Crippen LogP contribution < -0.4 is 4.90 Å². The number of imide groups is 1. The topological polar surface area (TPSA) is 63.4 Å². The quantitative estimate of drug-likeness (QED) is 0.558. The Bertz CT molecular complexity index is 546. The molecule has 1 saturated heterocycles. The molecule has 94 valence electrons. The summed E-state index contributed by atoms with van der Waals surface area (Å²) in [7, 11) is 0. The number of rotatable bonds is 1. The van der Waals surface area contributed by atoms with Crippen LogP contribution in [0.1, 0.15) is 19.1 Å². The zero-order valence-electron chi connectivity index (χ0n) is 10.3. The Morgan fingerprint density at radius 1 is 1.39 bits per heavy atom. The van der Waals surface area contributed by atoms with Crippen molar-refractivity contribution in [3.63, 3.8) is 0 Å². The molecule has 5 heteroatoms. The molecule has 2 heterocycles. The fraction of sp³-hybridized carbons (Fsp3) is 0.462. The molecule has 5 nitrogen and oxygen atoms in total. The minimum Gasteiger partial charge on any atom is -0.360 e. The van der Waals surface area contributed by atoms with E-state index in [9.17, 15) is 9.59 Å². The van der Waals surface area contributed by atoms with Crippen molar-refractivity contribution in [2.24, 2.45) is 17.8 Å². The molecule has 0 N–H and O–H groups in total. The van der Waals surface area contributed by atoms with Crippen LogP contribution in [0.5, 0.6) is 0 Å². The summed E-state index contributed by atoms with van der Waals surface area (Å²) in [6.45, 7) is 3.70. The van der Waals surface area contributed by atoms with Crippen LogP contribution in [0.25, 0.3) is 0 Å². The van der Waals surface area contributed by atoms with Gasteiger partial charge < -0.3 is 4.52 Å². The van der Waals surface area contributed by atoms with Crippen LogP contribution in [0.2, 0.25) is 0 Å². The second-order valence-corrected chi connectivity index (χ2v) is 4.96. The third-order valence-corrected chi connectivity index (χ3v) is 3.72. The van der Waals surface area contributed by atoms with Crippen LogP contribution >= 0.6 is 0 Å². The smallest absolute Gasteiger partial charge is 0.239 e. The van der Waals surface area contributed by atoms with E-state index in [1.807, 2.05) is 19.1 Å². The normalized spacial score (nSPS) is 31.0. The summed E-state index contributed by atoms with van der Waals surface area (Å²) < 4.78 is 4.94. The van der Waals surface area contributed by atoms with Crippen LogP contribution in [-0.4, -0.2) is 17.0 Å². The first-order chi connectivity index (χ1) is 8.59. The van der Waals surface area contributed by atoms with Crippen molar-refractivity contribution in [2.75, 3.05) is 4.90 Å². The molecule has 0 radical (unpaired) electrons. The number of hydrogen-bond donors (Lipinski definition) is 0. The average Bonchev–Trinajstić information content (AvgIpc) is 2.84. The van der Waals surface area contributed by atoms with Crippen molar-refractivity contribution in [2.45, 2.75) is 20.3 Å². The van der Waals surface area contributed by atoms with Gasteiger partial charge in [-0.1, -0.05) is 24.2 Å². The van der Waals surface area contributed by atoms with Gasteiger partial charge in [-0.25, -0.2) is 4.90 Å². The van der Waals surface area contributed by atoms with Crippen molar-refractivity contribution in [1.29, 1.82) is 0 Å². The molecule has 1 fully saturated rings.